The minimum atomic E-state index is -0.338. The van der Waals surface area contributed by atoms with Gasteiger partial charge in [0.25, 0.3) is 5.91 Å². The maximum Gasteiger partial charge on any atom is 0.310 e. The van der Waals surface area contributed by atoms with Crippen LogP contribution >= 0.6 is 0 Å². The number of ether oxygens (including phenoxy) is 1. The molecule has 142 valence electrons. The Hall–Kier alpha value is -2.97. The summed E-state index contributed by atoms with van der Waals surface area (Å²) < 4.78 is 4.91. The Balaban J connectivity index is 1.56. The first-order valence-corrected chi connectivity index (χ1v) is 9.02. The van der Waals surface area contributed by atoms with E-state index in [9.17, 15) is 14.4 Å². The Kier molecular flexibility index (Phi) is 4.29. The molecule has 1 N–H and O–H groups in total. The lowest BCUT2D eigenvalue weighted by Gasteiger charge is -2.39. The summed E-state index contributed by atoms with van der Waals surface area (Å²) in [5, 5.41) is 10.5. The number of rotatable bonds is 3. The Morgan fingerprint density at radius 1 is 1.30 bits per heavy atom. The molecule has 2 saturated heterocycles. The van der Waals surface area contributed by atoms with Crippen LogP contribution in [0.1, 0.15) is 30.1 Å². The molecule has 27 heavy (non-hydrogen) atoms. The van der Waals surface area contributed by atoms with Gasteiger partial charge in [-0.15, -0.1) is 0 Å². The maximum atomic E-state index is 12.9. The molecule has 4 rings (SSSR count). The van der Waals surface area contributed by atoms with E-state index in [-0.39, 0.29) is 42.3 Å². The molecular formula is C18H21N5O4. The SMILES string of the molecule is CC[C@H]1[C@@H](C(=O)OC)C[C@H]2CN(C(=O)c3ccc4n[nH]nc4c3)CC(=O)N21. The van der Waals surface area contributed by atoms with Crippen molar-refractivity contribution in [3.05, 3.63) is 23.8 Å². The summed E-state index contributed by atoms with van der Waals surface area (Å²) in [7, 11) is 1.37. The number of hydrogen-bond donors (Lipinski definition) is 1. The number of fused-ring (bicyclic) bond motifs is 2. The fourth-order valence-corrected chi connectivity index (χ4v) is 4.34. The Labute approximate surface area is 155 Å². The molecular weight excluding hydrogens is 350 g/mol. The molecule has 1 aromatic carbocycles. The van der Waals surface area contributed by atoms with Crippen LogP contribution in [0.4, 0.5) is 0 Å². The van der Waals surface area contributed by atoms with Crippen molar-refractivity contribution in [2.75, 3.05) is 20.2 Å². The Morgan fingerprint density at radius 2 is 2.07 bits per heavy atom. The zero-order valence-electron chi connectivity index (χ0n) is 15.2. The predicted molar refractivity (Wildman–Crippen MR) is 94.6 cm³/mol. The van der Waals surface area contributed by atoms with Crippen molar-refractivity contribution in [1.29, 1.82) is 0 Å². The molecule has 3 atom stereocenters. The molecule has 0 unspecified atom stereocenters. The van der Waals surface area contributed by atoms with E-state index in [4.69, 9.17) is 4.74 Å². The maximum absolute atomic E-state index is 12.9. The zero-order valence-corrected chi connectivity index (χ0v) is 15.2. The van der Waals surface area contributed by atoms with E-state index in [1.807, 2.05) is 6.92 Å². The molecule has 0 saturated carbocycles. The number of benzene rings is 1. The first-order valence-electron chi connectivity index (χ1n) is 9.02. The molecule has 9 heteroatoms. The monoisotopic (exact) mass is 371 g/mol. The molecule has 0 radical (unpaired) electrons. The molecule has 2 aliphatic heterocycles. The van der Waals surface area contributed by atoms with Gasteiger partial charge in [0.05, 0.1) is 19.1 Å². The van der Waals surface area contributed by atoms with Crippen LogP contribution in [0.15, 0.2) is 18.2 Å². The average Bonchev–Trinajstić information content (AvgIpc) is 3.30. The number of nitrogens with one attached hydrogen (secondary N) is 1. The van der Waals surface area contributed by atoms with Crippen LogP contribution < -0.4 is 0 Å². The van der Waals surface area contributed by atoms with Gasteiger partial charge in [0.15, 0.2) is 0 Å². The highest BCUT2D eigenvalue weighted by Crippen LogP contribution is 2.35. The summed E-state index contributed by atoms with van der Waals surface area (Å²) in [5.41, 5.74) is 1.74. The van der Waals surface area contributed by atoms with Crippen molar-refractivity contribution in [2.45, 2.75) is 31.8 Å². The van der Waals surface area contributed by atoms with E-state index in [1.165, 1.54) is 7.11 Å². The minimum absolute atomic E-state index is 0.0105. The first kappa shape index (κ1) is 17.4. The van der Waals surface area contributed by atoms with Crippen LogP contribution in [0.3, 0.4) is 0 Å². The number of esters is 1. The smallest absolute Gasteiger partial charge is 0.310 e. The zero-order chi connectivity index (χ0) is 19.1. The normalized spacial score (nSPS) is 25.0. The number of piperazine rings is 1. The standard InChI is InChI=1S/C18H21N5O4/c1-3-15-12(18(26)27-2)7-11-8-22(9-16(24)23(11)15)17(25)10-4-5-13-14(6-10)20-21-19-13/h4-6,11-12,15H,3,7-9H2,1-2H3,(H,19,20,21)/t11-,12-,15-/m0/s1. The lowest BCUT2D eigenvalue weighted by atomic mass is 9.97. The van der Waals surface area contributed by atoms with Crippen molar-refractivity contribution < 1.29 is 19.1 Å². The van der Waals surface area contributed by atoms with E-state index >= 15 is 0 Å². The number of carbonyl (C=O) groups excluding carboxylic acids is 3. The lowest BCUT2D eigenvalue weighted by Crippen LogP contribution is -2.57. The number of carbonyl (C=O) groups is 3. The number of methoxy groups -OCH3 is 1. The topological polar surface area (TPSA) is 108 Å². The van der Waals surface area contributed by atoms with Crippen LogP contribution in [0, 0.1) is 5.92 Å². The second-order valence-electron chi connectivity index (χ2n) is 7.01. The quantitative estimate of drug-likeness (QED) is 0.791. The average molecular weight is 371 g/mol. The third kappa shape index (κ3) is 2.83. The molecule has 2 amide bonds. The van der Waals surface area contributed by atoms with Crippen LogP contribution in [-0.2, 0) is 14.3 Å². The number of amides is 2. The Bertz CT molecular complexity index is 910. The largest absolute Gasteiger partial charge is 0.469 e. The van der Waals surface area contributed by atoms with Gasteiger partial charge in [-0.25, -0.2) is 0 Å². The lowest BCUT2D eigenvalue weighted by molar-refractivity contribution is -0.147. The van der Waals surface area contributed by atoms with Gasteiger partial charge in [-0.1, -0.05) is 6.92 Å². The summed E-state index contributed by atoms with van der Waals surface area (Å²) in [4.78, 5) is 41.1. The van der Waals surface area contributed by atoms with Crippen molar-refractivity contribution in [3.63, 3.8) is 0 Å². The molecule has 3 heterocycles. The second-order valence-corrected chi connectivity index (χ2v) is 7.01. The summed E-state index contributed by atoms with van der Waals surface area (Å²) in [6.45, 7) is 2.38. The van der Waals surface area contributed by atoms with E-state index in [0.717, 1.165) is 0 Å². The molecule has 9 nitrogen and oxygen atoms in total. The van der Waals surface area contributed by atoms with Gasteiger partial charge < -0.3 is 14.5 Å². The molecule has 2 aliphatic rings. The van der Waals surface area contributed by atoms with Gasteiger partial charge in [-0.3, -0.25) is 14.4 Å². The van der Waals surface area contributed by atoms with E-state index in [1.54, 1.807) is 28.0 Å². The number of aromatic nitrogens is 3. The predicted octanol–water partition coefficient (Wildman–Crippen LogP) is 0.582. The highest BCUT2D eigenvalue weighted by molar-refractivity contribution is 5.99. The van der Waals surface area contributed by atoms with Crippen LogP contribution in [-0.4, -0.2) is 75.3 Å². The first-order chi connectivity index (χ1) is 13.0. The second kappa shape index (κ2) is 6.64. The third-order valence-corrected chi connectivity index (χ3v) is 5.56. The van der Waals surface area contributed by atoms with Gasteiger partial charge in [0.1, 0.15) is 17.6 Å². The molecule has 1 aromatic heterocycles. The van der Waals surface area contributed by atoms with Gasteiger partial charge >= 0.3 is 5.97 Å². The highest BCUT2D eigenvalue weighted by atomic mass is 16.5. The molecule has 2 aromatic rings. The van der Waals surface area contributed by atoms with Crippen LogP contribution in [0.5, 0.6) is 0 Å². The fourth-order valence-electron chi connectivity index (χ4n) is 4.34. The summed E-state index contributed by atoms with van der Waals surface area (Å²) in [6.07, 6.45) is 1.20. The van der Waals surface area contributed by atoms with E-state index in [2.05, 4.69) is 15.4 Å². The third-order valence-electron chi connectivity index (χ3n) is 5.56. The molecule has 0 spiro atoms. The van der Waals surface area contributed by atoms with Crippen LogP contribution in [0.25, 0.3) is 11.0 Å². The summed E-state index contributed by atoms with van der Waals surface area (Å²) >= 11 is 0. The van der Waals surface area contributed by atoms with Gasteiger partial charge in [-0.05, 0) is 31.0 Å². The number of H-pyrrole nitrogens is 1. The van der Waals surface area contributed by atoms with Crippen LogP contribution in [0.2, 0.25) is 0 Å². The van der Waals surface area contributed by atoms with Crippen molar-refractivity contribution >= 4 is 28.8 Å². The number of aromatic amines is 1. The summed E-state index contributed by atoms with van der Waals surface area (Å²) in [6, 6.07) is 4.74. The molecule has 0 bridgehead atoms. The van der Waals surface area contributed by atoms with Gasteiger partial charge in [0, 0.05) is 18.2 Å². The fraction of sp³-hybridized carbons (Fsp3) is 0.500. The Morgan fingerprint density at radius 3 is 2.81 bits per heavy atom. The minimum Gasteiger partial charge on any atom is -0.469 e. The van der Waals surface area contributed by atoms with E-state index < -0.39 is 0 Å². The number of hydrogen-bond acceptors (Lipinski definition) is 6. The number of nitrogens with zero attached hydrogens (tertiary/aromatic N) is 4. The van der Waals surface area contributed by atoms with Crippen molar-refractivity contribution in [1.82, 2.24) is 25.2 Å². The van der Waals surface area contributed by atoms with Crippen molar-refractivity contribution in [2.24, 2.45) is 5.92 Å². The molecule has 2 fully saturated rings. The summed E-state index contributed by atoms with van der Waals surface area (Å²) in [5.74, 6) is -0.975. The molecule has 0 aliphatic carbocycles. The van der Waals surface area contributed by atoms with Gasteiger partial charge in [-0.2, -0.15) is 15.4 Å². The highest BCUT2D eigenvalue weighted by Gasteiger charge is 2.49. The van der Waals surface area contributed by atoms with Crippen molar-refractivity contribution in [3.8, 4) is 0 Å². The van der Waals surface area contributed by atoms with Gasteiger partial charge in [0.2, 0.25) is 5.91 Å². The van der Waals surface area contributed by atoms with E-state index in [0.29, 0.717) is 36.0 Å².